The molecule has 1 aromatic heterocycles. The Balaban J connectivity index is 1.93. The molecule has 0 unspecified atom stereocenters. The third-order valence-electron chi connectivity index (χ3n) is 4.31. The van der Waals surface area contributed by atoms with Crippen molar-refractivity contribution in [3.05, 3.63) is 77.3 Å². The maximum absolute atomic E-state index is 11.1. The molecular formula is C21H14ClN3O4. The maximum Gasteiger partial charge on any atom is 0.335 e. The van der Waals surface area contributed by atoms with Crippen LogP contribution in [0.4, 0.5) is 0 Å². The molecule has 4 aromatic rings. The number of rotatable bonds is 4. The van der Waals surface area contributed by atoms with E-state index in [1.165, 1.54) is 28.9 Å². The van der Waals surface area contributed by atoms with Crippen LogP contribution in [0.1, 0.15) is 10.4 Å². The second-order valence-corrected chi connectivity index (χ2v) is 6.64. The van der Waals surface area contributed by atoms with Crippen LogP contribution in [0, 0.1) is 0 Å². The van der Waals surface area contributed by atoms with Gasteiger partial charge in [-0.2, -0.15) is 0 Å². The summed E-state index contributed by atoms with van der Waals surface area (Å²) in [4.78, 5) is 15.6. The van der Waals surface area contributed by atoms with Crippen LogP contribution in [0.3, 0.4) is 0 Å². The molecule has 0 saturated heterocycles. The van der Waals surface area contributed by atoms with Crippen molar-refractivity contribution in [1.82, 2.24) is 14.8 Å². The van der Waals surface area contributed by atoms with Gasteiger partial charge in [0.15, 0.2) is 11.6 Å². The number of hydrogen-bond donors (Lipinski definition) is 3. The average molecular weight is 408 g/mol. The summed E-state index contributed by atoms with van der Waals surface area (Å²) in [6.07, 6.45) is 0. The number of carbonyl (C=O) groups is 1. The number of nitrogens with zero attached hydrogens (tertiary/aromatic N) is 3. The van der Waals surface area contributed by atoms with E-state index in [1.807, 2.05) is 0 Å². The predicted molar refractivity (Wildman–Crippen MR) is 108 cm³/mol. The number of halogens is 1. The van der Waals surface area contributed by atoms with Crippen LogP contribution in [0.25, 0.3) is 28.5 Å². The highest BCUT2D eigenvalue weighted by atomic mass is 35.5. The fourth-order valence-electron chi connectivity index (χ4n) is 2.88. The van der Waals surface area contributed by atoms with Gasteiger partial charge in [-0.15, -0.1) is 5.10 Å². The van der Waals surface area contributed by atoms with Crippen molar-refractivity contribution in [3.63, 3.8) is 0 Å². The zero-order valence-electron chi connectivity index (χ0n) is 14.8. The molecule has 0 aliphatic heterocycles. The minimum atomic E-state index is -1.04. The molecule has 8 heteroatoms. The Morgan fingerprint density at radius 3 is 2.28 bits per heavy atom. The quantitative estimate of drug-likeness (QED) is 0.463. The SMILES string of the molecule is O=C(O)c1ccc(-n2nc(-c3cc(Cl)ccc3O)nc2-c2ccccc2O)cc1. The summed E-state index contributed by atoms with van der Waals surface area (Å²) in [6.45, 7) is 0. The van der Waals surface area contributed by atoms with Crippen LogP contribution in [0.15, 0.2) is 66.7 Å². The van der Waals surface area contributed by atoms with E-state index in [0.717, 1.165) is 0 Å². The molecule has 0 spiro atoms. The van der Waals surface area contributed by atoms with Crippen molar-refractivity contribution in [1.29, 1.82) is 0 Å². The summed E-state index contributed by atoms with van der Waals surface area (Å²) in [6, 6.07) is 17.2. The van der Waals surface area contributed by atoms with E-state index >= 15 is 0 Å². The van der Waals surface area contributed by atoms with Gasteiger partial charge in [-0.25, -0.2) is 14.5 Å². The Hall–Kier alpha value is -3.84. The normalized spacial score (nSPS) is 10.8. The number of para-hydroxylation sites is 1. The van der Waals surface area contributed by atoms with E-state index in [-0.39, 0.29) is 22.9 Å². The molecule has 0 radical (unpaired) electrons. The van der Waals surface area contributed by atoms with E-state index in [4.69, 9.17) is 16.7 Å². The minimum Gasteiger partial charge on any atom is -0.507 e. The van der Waals surface area contributed by atoms with Gasteiger partial charge in [0.25, 0.3) is 0 Å². The number of aromatic carboxylic acids is 1. The lowest BCUT2D eigenvalue weighted by Gasteiger charge is -2.07. The molecule has 3 N–H and O–H groups in total. The highest BCUT2D eigenvalue weighted by Gasteiger charge is 2.19. The van der Waals surface area contributed by atoms with Crippen LogP contribution in [0.5, 0.6) is 11.5 Å². The topological polar surface area (TPSA) is 108 Å². The summed E-state index contributed by atoms with van der Waals surface area (Å²) in [7, 11) is 0. The maximum atomic E-state index is 11.1. The zero-order valence-corrected chi connectivity index (χ0v) is 15.6. The second-order valence-electron chi connectivity index (χ2n) is 6.20. The molecule has 0 aliphatic carbocycles. The van der Waals surface area contributed by atoms with E-state index in [0.29, 0.717) is 27.7 Å². The van der Waals surface area contributed by atoms with Crippen molar-refractivity contribution in [2.45, 2.75) is 0 Å². The first-order valence-electron chi connectivity index (χ1n) is 8.52. The smallest absolute Gasteiger partial charge is 0.335 e. The first-order chi connectivity index (χ1) is 13.9. The van der Waals surface area contributed by atoms with Gasteiger partial charge < -0.3 is 15.3 Å². The molecule has 0 saturated carbocycles. The van der Waals surface area contributed by atoms with Gasteiger partial charge in [0.05, 0.1) is 22.4 Å². The highest BCUT2D eigenvalue weighted by Crippen LogP contribution is 2.34. The number of aromatic nitrogens is 3. The number of aromatic hydroxyl groups is 2. The van der Waals surface area contributed by atoms with E-state index in [1.54, 1.807) is 42.5 Å². The molecule has 4 rings (SSSR count). The number of hydrogen-bond acceptors (Lipinski definition) is 5. The summed E-state index contributed by atoms with van der Waals surface area (Å²) >= 11 is 6.05. The fourth-order valence-corrected chi connectivity index (χ4v) is 3.05. The summed E-state index contributed by atoms with van der Waals surface area (Å²) in [5, 5.41) is 34.5. The Morgan fingerprint density at radius 2 is 1.59 bits per heavy atom. The van der Waals surface area contributed by atoms with Crippen molar-refractivity contribution in [2.75, 3.05) is 0 Å². The standard InChI is InChI=1S/C21H14ClN3O4/c22-13-7-10-18(27)16(11-13)19-23-20(15-3-1-2-4-17(15)26)25(24-19)14-8-5-12(6-9-14)21(28)29/h1-11,26-27H,(H,28,29). The predicted octanol–water partition coefficient (Wildman–Crippen LogP) is 4.36. The molecule has 0 aliphatic rings. The Kier molecular flexibility index (Phi) is 4.66. The Bertz CT molecular complexity index is 1220. The third-order valence-corrected chi connectivity index (χ3v) is 4.55. The van der Waals surface area contributed by atoms with Gasteiger partial charge in [0.2, 0.25) is 0 Å². The summed E-state index contributed by atoms with van der Waals surface area (Å²) in [5.74, 6) is -0.562. The molecule has 144 valence electrons. The second kappa shape index (κ2) is 7.29. The first-order valence-corrected chi connectivity index (χ1v) is 8.90. The number of phenols is 2. The number of carboxylic acid groups (broad SMARTS) is 1. The van der Waals surface area contributed by atoms with Crippen LogP contribution >= 0.6 is 11.6 Å². The van der Waals surface area contributed by atoms with E-state index in [2.05, 4.69) is 10.1 Å². The molecule has 29 heavy (non-hydrogen) atoms. The first kappa shape index (κ1) is 18.5. The van der Waals surface area contributed by atoms with Crippen LogP contribution in [0.2, 0.25) is 5.02 Å². The van der Waals surface area contributed by atoms with Gasteiger partial charge in [0.1, 0.15) is 11.5 Å². The number of carboxylic acids is 1. The summed E-state index contributed by atoms with van der Waals surface area (Å²) in [5.41, 5.74) is 1.42. The van der Waals surface area contributed by atoms with Gasteiger partial charge in [-0.1, -0.05) is 23.7 Å². The fraction of sp³-hybridized carbons (Fsp3) is 0. The van der Waals surface area contributed by atoms with Gasteiger partial charge in [0, 0.05) is 5.02 Å². The van der Waals surface area contributed by atoms with Crippen LogP contribution in [-0.2, 0) is 0 Å². The van der Waals surface area contributed by atoms with E-state index in [9.17, 15) is 15.0 Å². The van der Waals surface area contributed by atoms with Crippen molar-refractivity contribution < 1.29 is 20.1 Å². The molecule has 0 amide bonds. The monoisotopic (exact) mass is 407 g/mol. The third kappa shape index (κ3) is 3.51. The van der Waals surface area contributed by atoms with Gasteiger partial charge in [-0.3, -0.25) is 0 Å². The minimum absolute atomic E-state index is 0.00479. The Morgan fingerprint density at radius 1 is 0.897 bits per heavy atom. The average Bonchev–Trinajstić information content (AvgIpc) is 3.15. The number of phenolic OH excluding ortho intramolecular Hbond substituents is 2. The van der Waals surface area contributed by atoms with Crippen LogP contribution in [-0.4, -0.2) is 36.1 Å². The zero-order chi connectivity index (χ0) is 20.5. The van der Waals surface area contributed by atoms with Gasteiger partial charge >= 0.3 is 5.97 Å². The van der Waals surface area contributed by atoms with E-state index < -0.39 is 5.97 Å². The molecule has 7 nitrogen and oxygen atoms in total. The lowest BCUT2D eigenvalue weighted by Crippen LogP contribution is -2.02. The van der Waals surface area contributed by atoms with Gasteiger partial charge in [-0.05, 0) is 54.6 Å². The molecule has 3 aromatic carbocycles. The molecule has 1 heterocycles. The molecule has 0 fully saturated rings. The molecule has 0 atom stereocenters. The van der Waals surface area contributed by atoms with Crippen molar-refractivity contribution >= 4 is 17.6 Å². The van der Waals surface area contributed by atoms with Crippen molar-refractivity contribution in [2.24, 2.45) is 0 Å². The number of benzene rings is 3. The van der Waals surface area contributed by atoms with Crippen molar-refractivity contribution in [3.8, 4) is 40.0 Å². The molecular weight excluding hydrogens is 394 g/mol. The largest absolute Gasteiger partial charge is 0.507 e. The Labute approximate surface area is 170 Å². The van der Waals surface area contributed by atoms with Crippen LogP contribution < -0.4 is 0 Å². The lowest BCUT2D eigenvalue weighted by atomic mass is 10.1. The highest BCUT2D eigenvalue weighted by molar-refractivity contribution is 6.30. The lowest BCUT2D eigenvalue weighted by molar-refractivity contribution is 0.0697. The summed E-state index contributed by atoms with van der Waals surface area (Å²) < 4.78 is 1.47. The molecule has 0 bridgehead atoms.